The first-order valence-corrected chi connectivity index (χ1v) is 12.3. The molecule has 29 heavy (non-hydrogen) atoms. The Morgan fingerprint density at radius 3 is 2.66 bits per heavy atom. The van der Waals surface area contributed by atoms with E-state index in [9.17, 15) is 17.2 Å². The third kappa shape index (κ3) is 3.80. The number of halogens is 2. The van der Waals surface area contributed by atoms with Crippen molar-refractivity contribution in [1.29, 1.82) is 0 Å². The minimum atomic E-state index is -4.06. The lowest BCUT2D eigenvalue weighted by Gasteiger charge is -2.51. The first-order chi connectivity index (χ1) is 13.6. The molecule has 4 rings (SSSR count). The van der Waals surface area contributed by atoms with Crippen LogP contribution in [-0.2, 0) is 23.1 Å². The number of aryl methyl sites for hydroxylation is 2. The highest BCUT2D eigenvalue weighted by atomic mass is 32.2. The van der Waals surface area contributed by atoms with E-state index in [2.05, 4.69) is 13.0 Å². The van der Waals surface area contributed by atoms with Crippen molar-refractivity contribution in [2.45, 2.75) is 77.6 Å². The number of hydrogen-bond donors (Lipinski definition) is 1. The Labute approximate surface area is 172 Å². The van der Waals surface area contributed by atoms with Crippen molar-refractivity contribution >= 4 is 10.3 Å². The van der Waals surface area contributed by atoms with Crippen LogP contribution < -0.4 is 9.32 Å². The number of benzene rings is 1. The van der Waals surface area contributed by atoms with Crippen LogP contribution in [0.1, 0.15) is 75.0 Å². The van der Waals surface area contributed by atoms with Crippen LogP contribution in [0.5, 0.6) is 5.75 Å². The van der Waals surface area contributed by atoms with Gasteiger partial charge in [0.1, 0.15) is 5.75 Å². The lowest BCUT2D eigenvalue weighted by atomic mass is 9.54. The molecular formula is C22H31F2NO3S. The highest BCUT2D eigenvalue weighted by Gasteiger charge is 2.54. The van der Waals surface area contributed by atoms with Crippen LogP contribution in [0.4, 0.5) is 8.78 Å². The molecule has 4 nitrogen and oxygen atoms in total. The monoisotopic (exact) mass is 427 g/mol. The number of rotatable bonds is 5. The second kappa shape index (κ2) is 7.49. The van der Waals surface area contributed by atoms with E-state index in [4.69, 9.17) is 9.32 Å². The fraction of sp³-hybridized carbons (Fsp3) is 0.727. The Hall–Kier alpha value is -1.21. The zero-order valence-corrected chi connectivity index (χ0v) is 18.0. The Bertz CT molecular complexity index is 888. The summed E-state index contributed by atoms with van der Waals surface area (Å²) in [5.41, 5.74) is 3.33. The minimum absolute atomic E-state index is 0.0271. The van der Waals surface area contributed by atoms with Gasteiger partial charge in [0.05, 0.1) is 0 Å². The molecule has 7 heteroatoms. The average molecular weight is 428 g/mol. The molecule has 0 aromatic heterocycles. The fourth-order valence-electron chi connectivity index (χ4n) is 6.84. The molecule has 1 aromatic carbocycles. The quantitative estimate of drug-likeness (QED) is 0.722. The van der Waals surface area contributed by atoms with Crippen LogP contribution in [-0.4, -0.2) is 14.8 Å². The Morgan fingerprint density at radius 1 is 1.24 bits per heavy atom. The summed E-state index contributed by atoms with van der Waals surface area (Å²) in [6.45, 7) is 4.23. The summed E-state index contributed by atoms with van der Waals surface area (Å²) in [5, 5.41) is 5.09. The molecular weight excluding hydrogens is 396 g/mol. The van der Waals surface area contributed by atoms with Gasteiger partial charge in [0, 0.05) is 6.42 Å². The molecule has 162 valence electrons. The van der Waals surface area contributed by atoms with Crippen molar-refractivity contribution in [3.8, 4) is 5.75 Å². The molecule has 1 aromatic rings. The molecule has 3 aliphatic rings. The van der Waals surface area contributed by atoms with Crippen molar-refractivity contribution in [1.82, 2.24) is 0 Å². The number of fused-ring (bicyclic) bond motifs is 5. The molecule has 2 fully saturated rings. The first kappa shape index (κ1) is 21.0. The maximum absolute atomic E-state index is 13.1. The summed E-state index contributed by atoms with van der Waals surface area (Å²) in [4.78, 5) is 0. The molecule has 0 spiro atoms. The highest BCUT2D eigenvalue weighted by molar-refractivity contribution is 7.84. The summed E-state index contributed by atoms with van der Waals surface area (Å²) >= 11 is 0. The average Bonchev–Trinajstić information content (AvgIpc) is 2.95. The molecule has 0 unspecified atom stereocenters. The predicted octanol–water partition coefficient (Wildman–Crippen LogP) is 4.96. The molecule has 3 aliphatic carbocycles. The third-order valence-electron chi connectivity index (χ3n) is 8.15. The van der Waals surface area contributed by atoms with Crippen molar-refractivity contribution in [3.63, 3.8) is 0 Å². The van der Waals surface area contributed by atoms with Crippen molar-refractivity contribution in [2.75, 3.05) is 0 Å². The van der Waals surface area contributed by atoms with Gasteiger partial charge in [0.25, 0.3) is 0 Å². The van der Waals surface area contributed by atoms with Gasteiger partial charge in [-0.15, -0.1) is 0 Å². The molecule has 0 aliphatic heterocycles. The second-order valence-corrected chi connectivity index (χ2v) is 10.6. The van der Waals surface area contributed by atoms with E-state index < -0.39 is 16.7 Å². The van der Waals surface area contributed by atoms with Crippen LogP contribution >= 0.6 is 0 Å². The molecule has 2 N–H and O–H groups in total. The van der Waals surface area contributed by atoms with Crippen LogP contribution in [0.15, 0.2) is 12.1 Å². The molecule has 5 atom stereocenters. The van der Waals surface area contributed by atoms with Gasteiger partial charge >= 0.3 is 10.3 Å². The maximum Gasteiger partial charge on any atom is 0.380 e. The third-order valence-corrected chi connectivity index (χ3v) is 8.56. The Kier molecular flexibility index (Phi) is 5.43. The molecule has 0 radical (unpaired) electrons. The van der Waals surface area contributed by atoms with E-state index in [-0.39, 0.29) is 17.8 Å². The molecule has 0 bridgehead atoms. The van der Waals surface area contributed by atoms with E-state index in [1.807, 2.05) is 13.0 Å². The summed E-state index contributed by atoms with van der Waals surface area (Å²) < 4.78 is 54.2. The lowest BCUT2D eigenvalue weighted by molar-refractivity contribution is 0.00355. The molecule has 0 amide bonds. The van der Waals surface area contributed by atoms with Gasteiger partial charge < -0.3 is 4.18 Å². The largest absolute Gasteiger partial charge is 0.380 e. The van der Waals surface area contributed by atoms with Crippen LogP contribution in [0, 0.1) is 23.2 Å². The van der Waals surface area contributed by atoms with E-state index in [1.54, 1.807) is 0 Å². The van der Waals surface area contributed by atoms with Gasteiger partial charge in [0.2, 0.25) is 6.43 Å². The molecule has 0 heterocycles. The Morgan fingerprint density at radius 2 is 2.00 bits per heavy atom. The van der Waals surface area contributed by atoms with Crippen molar-refractivity contribution < 1.29 is 21.4 Å². The zero-order chi connectivity index (χ0) is 21.0. The van der Waals surface area contributed by atoms with Crippen LogP contribution in [0.25, 0.3) is 0 Å². The van der Waals surface area contributed by atoms with E-state index in [0.717, 1.165) is 49.7 Å². The van der Waals surface area contributed by atoms with E-state index >= 15 is 0 Å². The lowest BCUT2D eigenvalue weighted by Crippen LogP contribution is -2.42. The van der Waals surface area contributed by atoms with E-state index in [0.29, 0.717) is 29.9 Å². The number of alkyl halides is 2. The van der Waals surface area contributed by atoms with Gasteiger partial charge in [-0.05, 0) is 96.8 Å². The van der Waals surface area contributed by atoms with Gasteiger partial charge in [-0.25, -0.2) is 8.78 Å². The topological polar surface area (TPSA) is 69.4 Å². The summed E-state index contributed by atoms with van der Waals surface area (Å²) in [6, 6.07) is 3.97. The maximum atomic E-state index is 13.1. The highest BCUT2D eigenvalue weighted by Crippen LogP contribution is 2.64. The fourth-order valence-corrected chi connectivity index (χ4v) is 7.24. The summed E-state index contributed by atoms with van der Waals surface area (Å²) in [5.74, 6) is 1.93. The second-order valence-electron chi connectivity index (χ2n) is 9.45. The summed E-state index contributed by atoms with van der Waals surface area (Å²) in [7, 11) is -4.06. The minimum Gasteiger partial charge on any atom is -0.371 e. The molecule has 2 saturated carbocycles. The number of nitrogens with two attached hydrogens (primary N) is 1. The smallest absolute Gasteiger partial charge is 0.371 e. The summed E-state index contributed by atoms with van der Waals surface area (Å²) in [6.07, 6.45) is 4.36. The predicted molar refractivity (Wildman–Crippen MR) is 108 cm³/mol. The van der Waals surface area contributed by atoms with Crippen molar-refractivity contribution in [3.05, 3.63) is 28.8 Å². The molecule has 0 saturated heterocycles. The first-order valence-electron chi connectivity index (χ1n) is 10.8. The van der Waals surface area contributed by atoms with E-state index in [1.165, 1.54) is 5.56 Å². The van der Waals surface area contributed by atoms with Gasteiger partial charge in [-0.1, -0.05) is 19.9 Å². The normalized spacial score (nSPS) is 33.9. The van der Waals surface area contributed by atoms with Crippen molar-refractivity contribution in [2.24, 2.45) is 28.3 Å². The van der Waals surface area contributed by atoms with Crippen LogP contribution in [0.2, 0.25) is 0 Å². The van der Waals surface area contributed by atoms with Gasteiger partial charge in [-0.2, -0.15) is 13.6 Å². The van der Waals surface area contributed by atoms with Gasteiger partial charge in [-0.3, -0.25) is 0 Å². The SMILES string of the molecule is CCc1cc2c(cc1OS(N)(=O)=O)CC[C@@H]1[C@@H]2CC[C@]2(C)[C@@H](CC(F)F)CC[C@@H]12. The Balaban J connectivity index is 1.64. The van der Waals surface area contributed by atoms with Crippen LogP contribution in [0.3, 0.4) is 0 Å². The zero-order valence-electron chi connectivity index (χ0n) is 17.2. The standard InChI is InChI=1S/C22H31F2NO3S/c1-3-13-10-18-14(11-20(13)28-29(25,26)27)4-6-17-16(18)8-9-22(2)15(12-21(23)24)5-7-19(17)22/h10-11,15-17,19,21H,3-9,12H2,1-2H3,(H2,25,26,27)/t15-,16+,17-,19+,22-/m1/s1. The van der Waals surface area contributed by atoms with Gasteiger partial charge in [0.15, 0.2) is 0 Å². The number of hydrogen-bond acceptors (Lipinski definition) is 3.